The van der Waals surface area contributed by atoms with E-state index in [1.807, 2.05) is 32.9 Å². The van der Waals surface area contributed by atoms with Crippen molar-refractivity contribution >= 4 is 17.3 Å². The lowest BCUT2D eigenvalue weighted by molar-refractivity contribution is -0.384. The van der Waals surface area contributed by atoms with Gasteiger partial charge in [-0.1, -0.05) is 31.1 Å². The summed E-state index contributed by atoms with van der Waals surface area (Å²) in [4.78, 5) is 27.7. The van der Waals surface area contributed by atoms with E-state index < -0.39 is 4.92 Å². The van der Waals surface area contributed by atoms with Crippen molar-refractivity contribution in [2.45, 2.75) is 26.7 Å². The summed E-state index contributed by atoms with van der Waals surface area (Å²) in [6.07, 6.45) is 2.98. The fourth-order valence-corrected chi connectivity index (χ4v) is 3.08. The molecule has 162 valence electrons. The molecule has 0 radical (unpaired) electrons. The fourth-order valence-electron chi connectivity index (χ4n) is 3.08. The van der Waals surface area contributed by atoms with Crippen LogP contribution in [-0.4, -0.2) is 30.8 Å². The van der Waals surface area contributed by atoms with Crippen LogP contribution in [0.3, 0.4) is 0 Å². The SMILES string of the molecule is Cc1cccc(-c2nc(C(C)C)no2)c1NC(=O)c1cnn(-c2ccc([N+](=O)[O-])cc2)c1. The van der Waals surface area contributed by atoms with E-state index in [1.165, 1.54) is 23.0 Å². The first-order chi connectivity index (χ1) is 15.3. The van der Waals surface area contributed by atoms with Crippen molar-refractivity contribution in [3.8, 4) is 17.1 Å². The number of benzene rings is 2. The highest BCUT2D eigenvalue weighted by molar-refractivity contribution is 6.06. The molecule has 0 saturated heterocycles. The van der Waals surface area contributed by atoms with Gasteiger partial charge < -0.3 is 9.84 Å². The summed E-state index contributed by atoms with van der Waals surface area (Å²) in [5.74, 6) is 0.662. The van der Waals surface area contributed by atoms with E-state index >= 15 is 0 Å². The normalized spacial score (nSPS) is 11.0. The lowest BCUT2D eigenvalue weighted by Gasteiger charge is -2.11. The van der Waals surface area contributed by atoms with E-state index in [9.17, 15) is 14.9 Å². The highest BCUT2D eigenvalue weighted by atomic mass is 16.6. The number of nitro groups is 1. The third kappa shape index (κ3) is 4.10. The van der Waals surface area contributed by atoms with Crippen LogP contribution in [0.15, 0.2) is 59.4 Å². The number of hydrogen-bond donors (Lipinski definition) is 1. The van der Waals surface area contributed by atoms with E-state index in [-0.39, 0.29) is 17.5 Å². The summed E-state index contributed by atoms with van der Waals surface area (Å²) in [7, 11) is 0. The van der Waals surface area contributed by atoms with Crippen molar-refractivity contribution in [3.05, 3.63) is 81.9 Å². The van der Waals surface area contributed by atoms with Gasteiger partial charge in [-0.2, -0.15) is 10.1 Å². The smallest absolute Gasteiger partial charge is 0.269 e. The van der Waals surface area contributed by atoms with Crippen LogP contribution in [0.25, 0.3) is 17.1 Å². The summed E-state index contributed by atoms with van der Waals surface area (Å²) in [5.41, 5.74) is 2.93. The lowest BCUT2D eigenvalue weighted by Crippen LogP contribution is -2.13. The van der Waals surface area contributed by atoms with Crippen LogP contribution in [0.5, 0.6) is 0 Å². The first-order valence-electron chi connectivity index (χ1n) is 9.88. The third-order valence-electron chi connectivity index (χ3n) is 4.87. The number of aromatic nitrogens is 4. The summed E-state index contributed by atoms with van der Waals surface area (Å²) in [6.45, 7) is 5.81. The Kier molecular flexibility index (Phi) is 5.50. The van der Waals surface area contributed by atoms with Gasteiger partial charge in [0.25, 0.3) is 17.5 Å². The number of nitrogens with one attached hydrogen (secondary N) is 1. The van der Waals surface area contributed by atoms with Gasteiger partial charge in [0.2, 0.25) is 0 Å². The Morgan fingerprint density at radius 1 is 1.19 bits per heavy atom. The predicted molar refractivity (Wildman–Crippen MR) is 117 cm³/mol. The minimum atomic E-state index is -0.473. The number of amides is 1. The molecule has 0 unspecified atom stereocenters. The van der Waals surface area contributed by atoms with Gasteiger partial charge in [-0.25, -0.2) is 4.68 Å². The molecule has 1 N–H and O–H groups in total. The number of non-ortho nitro benzene ring substituents is 1. The number of rotatable bonds is 6. The van der Waals surface area contributed by atoms with E-state index in [2.05, 4.69) is 20.6 Å². The zero-order valence-electron chi connectivity index (χ0n) is 17.6. The van der Waals surface area contributed by atoms with E-state index in [0.717, 1.165) is 5.56 Å². The number of carbonyl (C=O) groups excluding carboxylic acids is 1. The molecule has 0 atom stereocenters. The third-order valence-corrected chi connectivity index (χ3v) is 4.87. The summed E-state index contributed by atoms with van der Waals surface area (Å²) in [6, 6.07) is 11.4. The van der Waals surface area contributed by atoms with Crippen LogP contribution >= 0.6 is 0 Å². The van der Waals surface area contributed by atoms with Crippen molar-refractivity contribution in [1.29, 1.82) is 0 Å². The van der Waals surface area contributed by atoms with Crippen LogP contribution < -0.4 is 5.32 Å². The second-order valence-electron chi connectivity index (χ2n) is 7.51. The molecule has 0 saturated carbocycles. The van der Waals surface area contributed by atoms with Gasteiger partial charge in [-0.3, -0.25) is 14.9 Å². The molecule has 0 aliphatic carbocycles. The molecule has 0 spiro atoms. The molecule has 0 bridgehead atoms. The van der Waals surface area contributed by atoms with Crippen molar-refractivity contribution in [3.63, 3.8) is 0 Å². The monoisotopic (exact) mass is 432 g/mol. The molecule has 0 aliphatic heterocycles. The second kappa shape index (κ2) is 8.42. The average molecular weight is 432 g/mol. The maximum atomic E-state index is 12.9. The Bertz CT molecular complexity index is 1290. The Labute approximate surface area is 183 Å². The zero-order valence-corrected chi connectivity index (χ0v) is 17.6. The van der Waals surface area contributed by atoms with Crippen molar-refractivity contribution in [2.24, 2.45) is 0 Å². The first-order valence-corrected chi connectivity index (χ1v) is 9.88. The van der Waals surface area contributed by atoms with E-state index in [1.54, 1.807) is 24.4 Å². The van der Waals surface area contributed by atoms with Crippen LogP contribution in [0.1, 0.15) is 41.5 Å². The Morgan fingerprint density at radius 3 is 2.59 bits per heavy atom. The molecule has 10 nitrogen and oxygen atoms in total. The molecule has 10 heteroatoms. The molecule has 1 amide bonds. The molecule has 2 aromatic heterocycles. The quantitative estimate of drug-likeness (QED) is 0.350. The first kappa shape index (κ1) is 20.9. The molecular weight excluding hydrogens is 412 g/mol. The van der Waals surface area contributed by atoms with Crippen LogP contribution in [0.2, 0.25) is 0 Å². The van der Waals surface area contributed by atoms with Crippen molar-refractivity contribution in [1.82, 2.24) is 19.9 Å². The van der Waals surface area contributed by atoms with Gasteiger partial charge in [0, 0.05) is 24.2 Å². The number of nitrogens with zero attached hydrogens (tertiary/aromatic N) is 5. The Morgan fingerprint density at radius 2 is 1.94 bits per heavy atom. The van der Waals surface area contributed by atoms with Crippen LogP contribution in [0.4, 0.5) is 11.4 Å². The number of hydrogen-bond acceptors (Lipinski definition) is 7. The topological polar surface area (TPSA) is 129 Å². The van der Waals surface area contributed by atoms with Gasteiger partial charge in [-0.15, -0.1) is 0 Å². The Hall–Kier alpha value is -4.34. The minimum Gasteiger partial charge on any atom is -0.334 e. The minimum absolute atomic E-state index is 0.0207. The summed E-state index contributed by atoms with van der Waals surface area (Å²) >= 11 is 0. The Balaban J connectivity index is 1.59. The highest BCUT2D eigenvalue weighted by Gasteiger charge is 2.19. The largest absolute Gasteiger partial charge is 0.334 e. The van der Waals surface area contributed by atoms with Gasteiger partial charge in [0.15, 0.2) is 5.82 Å². The number of carbonyl (C=O) groups is 1. The molecular formula is C22H20N6O4. The summed E-state index contributed by atoms with van der Waals surface area (Å²) < 4.78 is 6.88. The molecule has 0 aliphatic rings. The maximum Gasteiger partial charge on any atom is 0.269 e. The zero-order chi connectivity index (χ0) is 22.8. The number of aryl methyl sites for hydroxylation is 1. The number of para-hydroxylation sites is 1. The molecule has 4 rings (SSSR count). The standard InChI is InChI=1S/C22H20N6O4/c1-13(2)20-25-22(32-26-20)18-6-4-5-14(3)19(18)24-21(29)15-11-23-27(12-15)16-7-9-17(10-8-16)28(30)31/h4-13H,1-3H3,(H,24,29). The predicted octanol–water partition coefficient (Wildman–Crippen LogP) is 4.51. The van der Waals surface area contributed by atoms with E-state index in [0.29, 0.717) is 34.2 Å². The van der Waals surface area contributed by atoms with Crippen LogP contribution in [-0.2, 0) is 0 Å². The van der Waals surface area contributed by atoms with Crippen molar-refractivity contribution in [2.75, 3.05) is 5.32 Å². The number of anilines is 1. The molecule has 0 fully saturated rings. The molecule has 2 aromatic carbocycles. The highest BCUT2D eigenvalue weighted by Crippen LogP contribution is 2.31. The molecule has 32 heavy (non-hydrogen) atoms. The van der Waals surface area contributed by atoms with Gasteiger partial charge in [0.05, 0.1) is 33.6 Å². The van der Waals surface area contributed by atoms with E-state index in [4.69, 9.17) is 4.52 Å². The van der Waals surface area contributed by atoms with Gasteiger partial charge in [0.1, 0.15) is 0 Å². The van der Waals surface area contributed by atoms with Gasteiger partial charge >= 0.3 is 0 Å². The van der Waals surface area contributed by atoms with Gasteiger partial charge in [-0.05, 0) is 30.7 Å². The lowest BCUT2D eigenvalue weighted by atomic mass is 10.1. The average Bonchev–Trinajstić information content (AvgIpc) is 3.45. The fraction of sp³-hybridized carbons (Fsp3) is 0.182. The molecule has 2 heterocycles. The van der Waals surface area contributed by atoms with Crippen molar-refractivity contribution < 1.29 is 14.2 Å². The maximum absolute atomic E-state index is 12.9. The van der Waals surface area contributed by atoms with Crippen LogP contribution in [0, 0.1) is 17.0 Å². The number of nitro benzene ring substituents is 1. The summed E-state index contributed by atoms with van der Waals surface area (Å²) in [5, 5.41) is 21.9. The molecule has 4 aromatic rings. The second-order valence-corrected chi connectivity index (χ2v) is 7.51.